The number of aliphatic hydroxyl groups is 1. The van der Waals surface area contributed by atoms with Crippen LogP contribution in [0.15, 0.2) is 30.3 Å². The highest BCUT2D eigenvalue weighted by Gasteiger charge is 2.52. The Kier molecular flexibility index (Phi) is 2.35. The van der Waals surface area contributed by atoms with E-state index in [1.54, 1.807) is 0 Å². The maximum absolute atomic E-state index is 12.0. The van der Waals surface area contributed by atoms with Crippen LogP contribution in [0.1, 0.15) is 31.2 Å². The van der Waals surface area contributed by atoms with Gasteiger partial charge in [-0.25, -0.2) is 8.42 Å². The number of sulfone groups is 1. The number of fused-ring (bicyclic) bond motifs is 2. The Morgan fingerprint density at radius 3 is 2.12 bits per heavy atom. The highest BCUT2D eigenvalue weighted by atomic mass is 32.2. The van der Waals surface area contributed by atoms with Crippen LogP contribution in [0.3, 0.4) is 0 Å². The molecule has 1 N–H and O–H groups in total. The molecule has 0 aliphatic carbocycles. The SMILES string of the molecule is O=S1(=O)C2CCC1CC(O)(c1ccccc1)C2. The van der Waals surface area contributed by atoms with Crippen LogP contribution in [0.2, 0.25) is 0 Å². The third-order valence-corrected chi connectivity index (χ3v) is 6.84. The fraction of sp³-hybridized carbons (Fsp3) is 0.538. The van der Waals surface area contributed by atoms with Crippen molar-refractivity contribution in [2.75, 3.05) is 0 Å². The monoisotopic (exact) mass is 252 g/mol. The molecule has 0 saturated carbocycles. The molecule has 0 amide bonds. The van der Waals surface area contributed by atoms with Crippen LogP contribution < -0.4 is 0 Å². The molecule has 1 aromatic carbocycles. The average Bonchev–Trinajstić information content (AvgIpc) is 2.52. The van der Waals surface area contributed by atoms with E-state index in [0.717, 1.165) is 5.56 Å². The Hall–Kier alpha value is -0.870. The van der Waals surface area contributed by atoms with Crippen molar-refractivity contribution in [3.05, 3.63) is 35.9 Å². The van der Waals surface area contributed by atoms with E-state index in [-0.39, 0.29) is 10.5 Å². The van der Waals surface area contributed by atoms with Crippen LogP contribution in [0.4, 0.5) is 0 Å². The maximum atomic E-state index is 12.0. The van der Waals surface area contributed by atoms with Crippen molar-refractivity contribution in [2.24, 2.45) is 0 Å². The lowest BCUT2D eigenvalue weighted by molar-refractivity contribution is 0.0173. The molecule has 3 nitrogen and oxygen atoms in total. The van der Waals surface area contributed by atoms with Gasteiger partial charge in [-0.3, -0.25) is 0 Å². The lowest BCUT2D eigenvalue weighted by atomic mass is 9.86. The van der Waals surface area contributed by atoms with Gasteiger partial charge in [0.1, 0.15) is 0 Å². The Morgan fingerprint density at radius 1 is 1.06 bits per heavy atom. The highest BCUT2D eigenvalue weighted by Crippen LogP contribution is 2.47. The van der Waals surface area contributed by atoms with Crippen molar-refractivity contribution < 1.29 is 13.5 Å². The van der Waals surface area contributed by atoms with Gasteiger partial charge in [0, 0.05) is 0 Å². The summed E-state index contributed by atoms with van der Waals surface area (Å²) in [6, 6.07) is 9.45. The highest BCUT2D eigenvalue weighted by molar-refractivity contribution is 7.93. The van der Waals surface area contributed by atoms with Crippen LogP contribution in [-0.4, -0.2) is 24.0 Å². The van der Waals surface area contributed by atoms with E-state index >= 15 is 0 Å². The van der Waals surface area contributed by atoms with Crippen LogP contribution in [0.25, 0.3) is 0 Å². The van der Waals surface area contributed by atoms with Gasteiger partial charge in [-0.05, 0) is 31.2 Å². The molecule has 0 aromatic heterocycles. The smallest absolute Gasteiger partial charge is 0.156 e. The summed E-state index contributed by atoms with van der Waals surface area (Å²) in [5, 5.41) is 10.0. The van der Waals surface area contributed by atoms with E-state index in [4.69, 9.17) is 0 Å². The zero-order valence-corrected chi connectivity index (χ0v) is 10.4. The molecular weight excluding hydrogens is 236 g/mol. The Labute approximate surface area is 101 Å². The van der Waals surface area contributed by atoms with Gasteiger partial charge < -0.3 is 5.11 Å². The first-order chi connectivity index (χ1) is 8.02. The van der Waals surface area contributed by atoms with E-state index in [2.05, 4.69) is 0 Å². The fourth-order valence-corrected chi connectivity index (χ4v) is 5.72. The summed E-state index contributed by atoms with van der Waals surface area (Å²) in [6.45, 7) is 0. The quantitative estimate of drug-likeness (QED) is 0.826. The molecule has 2 aliphatic rings. The summed E-state index contributed by atoms with van der Waals surface area (Å²) in [5.74, 6) is 0. The zero-order valence-electron chi connectivity index (χ0n) is 9.54. The van der Waals surface area contributed by atoms with Gasteiger partial charge in [0.2, 0.25) is 0 Å². The molecule has 0 radical (unpaired) electrons. The molecule has 3 rings (SSSR count). The maximum Gasteiger partial charge on any atom is 0.156 e. The van der Waals surface area contributed by atoms with E-state index in [1.807, 2.05) is 30.3 Å². The standard InChI is InChI=1S/C13H16O3S/c14-13(10-4-2-1-3-5-10)8-11-6-7-12(9-13)17(11,15)16/h1-5,11-12,14H,6-9H2. The number of hydrogen-bond donors (Lipinski definition) is 1. The van der Waals surface area contributed by atoms with Crippen molar-refractivity contribution in [1.82, 2.24) is 0 Å². The molecule has 2 unspecified atom stereocenters. The van der Waals surface area contributed by atoms with Crippen LogP contribution in [-0.2, 0) is 15.4 Å². The van der Waals surface area contributed by atoms with Crippen LogP contribution in [0.5, 0.6) is 0 Å². The molecule has 1 aromatic rings. The summed E-state index contributed by atoms with van der Waals surface area (Å²) < 4.78 is 24.0. The number of rotatable bonds is 1. The molecule has 2 fully saturated rings. The van der Waals surface area contributed by atoms with Crippen molar-refractivity contribution >= 4 is 9.84 Å². The summed E-state index contributed by atoms with van der Waals surface area (Å²) in [7, 11) is -2.97. The summed E-state index contributed by atoms with van der Waals surface area (Å²) in [6.07, 6.45) is 2.13. The summed E-state index contributed by atoms with van der Waals surface area (Å²) >= 11 is 0. The second-order valence-corrected chi connectivity index (χ2v) is 7.73. The molecule has 0 spiro atoms. The second kappa shape index (κ2) is 3.56. The predicted molar refractivity (Wildman–Crippen MR) is 65.3 cm³/mol. The van der Waals surface area contributed by atoms with Gasteiger partial charge in [-0.2, -0.15) is 0 Å². The largest absolute Gasteiger partial charge is 0.385 e. The van der Waals surface area contributed by atoms with Gasteiger partial charge in [0.15, 0.2) is 9.84 Å². The van der Waals surface area contributed by atoms with Gasteiger partial charge >= 0.3 is 0 Å². The Morgan fingerprint density at radius 2 is 1.59 bits per heavy atom. The molecule has 4 heteroatoms. The molecule has 2 saturated heterocycles. The van der Waals surface area contributed by atoms with E-state index in [1.165, 1.54) is 0 Å². The van der Waals surface area contributed by atoms with Crippen molar-refractivity contribution in [1.29, 1.82) is 0 Å². The minimum Gasteiger partial charge on any atom is -0.385 e. The average molecular weight is 252 g/mol. The first-order valence-electron chi connectivity index (χ1n) is 6.03. The Balaban J connectivity index is 1.99. The minimum absolute atomic E-state index is 0.341. The third kappa shape index (κ3) is 1.62. The number of benzene rings is 1. The zero-order chi connectivity index (χ0) is 12.1. The summed E-state index contributed by atoms with van der Waals surface area (Å²) in [5.41, 5.74) is -0.0925. The lowest BCUT2D eigenvalue weighted by Gasteiger charge is -2.36. The molecule has 92 valence electrons. The summed E-state index contributed by atoms with van der Waals surface area (Å²) in [4.78, 5) is 0. The first-order valence-corrected chi connectivity index (χ1v) is 7.64. The van der Waals surface area contributed by atoms with Gasteiger partial charge in [0.05, 0.1) is 16.1 Å². The van der Waals surface area contributed by atoms with E-state index < -0.39 is 15.4 Å². The van der Waals surface area contributed by atoms with Gasteiger partial charge in [0.25, 0.3) is 0 Å². The van der Waals surface area contributed by atoms with Crippen molar-refractivity contribution in [3.8, 4) is 0 Å². The van der Waals surface area contributed by atoms with Crippen LogP contribution >= 0.6 is 0 Å². The molecule has 2 heterocycles. The first kappa shape index (κ1) is 11.2. The Bertz CT molecular complexity index is 501. The topological polar surface area (TPSA) is 54.4 Å². The molecule has 2 bridgehead atoms. The van der Waals surface area contributed by atoms with Gasteiger partial charge in [-0.15, -0.1) is 0 Å². The molecule has 2 atom stereocenters. The normalized spacial score (nSPS) is 39.1. The van der Waals surface area contributed by atoms with E-state index in [0.29, 0.717) is 25.7 Å². The molecule has 2 aliphatic heterocycles. The van der Waals surface area contributed by atoms with Crippen molar-refractivity contribution in [3.63, 3.8) is 0 Å². The van der Waals surface area contributed by atoms with Crippen molar-refractivity contribution in [2.45, 2.75) is 41.8 Å². The fourth-order valence-electron chi connectivity index (χ4n) is 3.23. The van der Waals surface area contributed by atoms with E-state index in [9.17, 15) is 13.5 Å². The number of hydrogen-bond acceptors (Lipinski definition) is 3. The lowest BCUT2D eigenvalue weighted by Crippen LogP contribution is -2.42. The van der Waals surface area contributed by atoms with Gasteiger partial charge in [-0.1, -0.05) is 30.3 Å². The third-order valence-electron chi connectivity index (χ3n) is 4.18. The van der Waals surface area contributed by atoms with Crippen LogP contribution in [0, 0.1) is 0 Å². The molecular formula is C13H16O3S. The second-order valence-electron chi connectivity index (χ2n) is 5.22. The molecule has 17 heavy (non-hydrogen) atoms. The predicted octanol–water partition coefficient (Wildman–Crippen LogP) is 1.61. The minimum atomic E-state index is -2.97.